The van der Waals surface area contributed by atoms with Crippen LogP contribution < -0.4 is 10.1 Å². The minimum absolute atomic E-state index is 0.456. The van der Waals surface area contributed by atoms with Gasteiger partial charge >= 0.3 is 0 Å². The average molecular weight is 385 g/mol. The van der Waals surface area contributed by atoms with Crippen molar-refractivity contribution in [3.63, 3.8) is 0 Å². The van der Waals surface area contributed by atoms with Gasteiger partial charge in [-0.25, -0.2) is 4.98 Å². The Morgan fingerprint density at radius 3 is 2.59 bits per heavy atom. The second-order valence-electron chi connectivity index (χ2n) is 5.37. The number of nitrogens with one attached hydrogen (secondary N) is 3. The second kappa shape index (κ2) is 8.33. The number of hydrogen-bond acceptors (Lipinski definition) is 6. The summed E-state index contributed by atoms with van der Waals surface area (Å²) in [7, 11) is 3.30. The number of aldehydes is 1. The van der Waals surface area contributed by atoms with E-state index in [1.165, 1.54) is 7.11 Å². The number of nitrogens with zero attached hydrogens (tertiary/aromatic N) is 3. The Kier molecular flexibility index (Phi) is 5.68. The van der Waals surface area contributed by atoms with Crippen molar-refractivity contribution in [3.05, 3.63) is 53.1 Å². The van der Waals surface area contributed by atoms with Crippen LogP contribution in [0.15, 0.2) is 42.5 Å². The van der Waals surface area contributed by atoms with Crippen LogP contribution in [0.25, 0.3) is 22.7 Å². The predicted octanol–water partition coefficient (Wildman–Crippen LogP) is 3.55. The highest BCUT2D eigenvalue weighted by Gasteiger charge is 2.08. The predicted molar refractivity (Wildman–Crippen MR) is 104 cm³/mol. The zero-order valence-electron chi connectivity index (χ0n) is 14.7. The van der Waals surface area contributed by atoms with Crippen LogP contribution in [0.4, 0.5) is 5.95 Å². The van der Waals surface area contributed by atoms with Gasteiger partial charge in [-0.3, -0.25) is 9.89 Å². The number of carbonyl (C=O) groups excluding carboxylic acids is 1. The van der Waals surface area contributed by atoms with Gasteiger partial charge in [-0.2, -0.15) is 4.98 Å². The minimum Gasteiger partial charge on any atom is -0.495 e. The number of carbonyl (C=O) groups is 1. The second-order valence-corrected chi connectivity index (χ2v) is 5.78. The smallest absolute Gasteiger partial charge is 0.242 e. The number of benzene rings is 2. The van der Waals surface area contributed by atoms with Crippen LogP contribution in [0, 0.1) is 0 Å². The number of aromatic nitrogens is 5. The Labute approximate surface area is 160 Å². The van der Waals surface area contributed by atoms with Crippen LogP contribution in [0.3, 0.4) is 0 Å². The molecule has 2 aromatic heterocycles. The highest BCUT2D eigenvalue weighted by Crippen LogP contribution is 2.24. The number of aromatic amines is 2. The number of para-hydroxylation sites is 2. The summed E-state index contributed by atoms with van der Waals surface area (Å²) in [4.78, 5) is 22.1. The van der Waals surface area contributed by atoms with E-state index in [0.29, 0.717) is 33.9 Å². The van der Waals surface area contributed by atoms with Crippen LogP contribution in [0.5, 0.6) is 5.75 Å². The van der Waals surface area contributed by atoms with Gasteiger partial charge in [-0.05, 0) is 30.3 Å². The first-order chi connectivity index (χ1) is 13.1. The molecule has 0 aliphatic heterocycles. The summed E-state index contributed by atoms with van der Waals surface area (Å²) in [6.07, 6.45) is 0.741. The number of rotatable bonds is 4. The summed E-state index contributed by atoms with van der Waals surface area (Å²) in [6, 6.07) is 12.7. The average Bonchev–Trinajstić information content (AvgIpc) is 3.34. The fourth-order valence-corrected chi connectivity index (χ4v) is 2.57. The summed E-state index contributed by atoms with van der Waals surface area (Å²) in [6.45, 7) is 0. The summed E-state index contributed by atoms with van der Waals surface area (Å²) < 4.78 is 4.90. The maximum atomic E-state index is 10.3. The van der Waals surface area contributed by atoms with E-state index >= 15 is 0 Å². The maximum Gasteiger partial charge on any atom is 0.242 e. The van der Waals surface area contributed by atoms with E-state index in [1.807, 2.05) is 24.3 Å². The molecule has 0 spiro atoms. The lowest BCUT2D eigenvalue weighted by atomic mass is 10.2. The van der Waals surface area contributed by atoms with Crippen molar-refractivity contribution in [2.75, 3.05) is 19.5 Å². The molecular formula is C18H17ClN6O2. The number of H-pyrrole nitrogens is 2. The minimum atomic E-state index is 0.456. The van der Waals surface area contributed by atoms with E-state index in [1.54, 1.807) is 25.2 Å². The molecule has 0 amide bonds. The van der Waals surface area contributed by atoms with Gasteiger partial charge in [0.25, 0.3) is 0 Å². The first-order valence-corrected chi connectivity index (χ1v) is 8.36. The third-order valence-electron chi connectivity index (χ3n) is 3.63. The normalized spacial score (nSPS) is 10.2. The monoisotopic (exact) mass is 384 g/mol. The van der Waals surface area contributed by atoms with E-state index in [2.05, 4.69) is 30.5 Å². The third-order valence-corrected chi connectivity index (χ3v) is 3.93. The number of anilines is 1. The highest BCUT2D eigenvalue weighted by molar-refractivity contribution is 6.32. The largest absolute Gasteiger partial charge is 0.495 e. The molecule has 2 aromatic carbocycles. The van der Waals surface area contributed by atoms with Gasteiger partial charge in [0.05, 0.1) is 23.2 Å². The molecule has 138 valence electrons. The van der Waals surface area contributed by atoms with Crippen molar-refractivity contribution < 1.29 is 9.53 Å². The summed E-state index contributed by atoms with van der Waals surface area (Å²) in [5.41, 5.74) is 2.45. The molecule has 0 radical (unpaired) electrons. The molecule has 0 atom stereocenters. The number of halogens is 1. The summed E-state index contributed by atoms with van der Waals surface area (Å²) >= 11 is 5.72. The van der Waals surface area contributed by atoms with E-state index in [4.69, 9.17) is 16.3 Å². The molecular weight excluding hydrogens is 368 g/mol. The molecule has 2 heterocycles. The van der Waals surface area contributed by atoms with Crippen molar-refractivity contribution in [1.29, 1.82) is 0 Å². The standard InChI is InChI=1S/C10H10N6.C8H7ClO2/c1-11-10-14-9(15-16-10)8-12-6-4-2-3-5-7(6)13-8;1-11-8-3-2-6(5-10)4-7(8)9/h2-5H,1H3,(H,12,13)(H2,11,14,15,16);2-5H,1H3. The molecule has 4 rings (SSSR count). The van der Waals surface area contributed by atoms with Gasteiger partial charge in [-0.15, -0.1) is 5.10 Å². The van der Waals surface area contributed by atoms with E-state index in [0.717, 1.165) is 17.3 Å². The fourth-order valence-electron chi connectivity index (χ4n) is 2.30. The molecule has 9 heteroatoms. The van der Waals surface area contributed by atoms with Gasteiger partial charge in [-0.1, -0.05) is 23.7 Å². The van der Waals surface area contributed by atoms with Crippen LogP contribution in [0.1, 0.15) is 10.4 Å². The molecule has 4 aromatic rings. The van der Waals surface area contributed by atoms with Gasteiger partial charge in [0.15, 0.2) is 11.6 Å². The SMILES string of the molecule is CNc1n[nH]c(-c2nc3ccccc3[nH]2)n1.COc1ccc(C=O)cc1Cl. The van der Waals surface area contributed by atoms with E-state index < -0.39 is 0 Å². The molecule has 0 fully saturated rings. The Hall–Kier alpha value is -3.39. The van der Waals surface area contributed by atoms with Crippen molar-refractivity contribution >= 4 is 34.9 Å². The fraction of sp³-hybridized carbons (Fsp3) is 0.111. The van der Waals surface area contributed by atoms with Gasteiger partial charge in [0.2, 0.25) is 5.95 Å². The first kappa shape index (κ1) is 18.4. The van der Waals surface area contributed by atoms with Crippen molar-refractivity contribution in [2.24, 2.45) is 0 Å². The molecule has 3 N–H and O–H groups in total. The Morgan fingerprint density at radius 2 is 1.96 bits per heavy atom. The Bertz CT molecular complexity index is 1030. The molecule has 27 heavy (non-hydrogen) atoms. The van der Waals surface area contributed by atoms with E-state index in [9.17, 15) is 4.79 Å². The van der Waals surface area contributed by atoms with Crippen molar-refractivity contribution in [3.8, 4) is 17.4 Å². The number of imidazole rings is 1. The van der Waals surface area contributed by atoms with Gasteiger partial charge in [0, 0.05) is 12.6 Å². The molecule has 0 bridgehead atoms. The lowest BCUT2D eigenvalue weighted by Gasteiger charge is -2.01. The Morgan fingerprint density at radius 1 is 1.15 bits per heavy atom. The maximum absolute atomic E-state index is 10.3. The molecule has 8 nitrogen and oxygen atoms in total. The highest BCUT2D eigenvalue weighted by atomic mass is 35.5. The summed E-state index contributed by atoms with van der Waals surface area (Å²) in [5.74, 6) is 2.45. The van der Waals surface area contributed by atoms with Crippen LogP contribution in [-0.4, -0.2) is 45.6 Å². The topological polar surface area (TPSA) is 109 Å². The van der Waals surface area contributed by atoms with Crippen molar-refractivity contribution in [1.82, 2.24) is 25.1 Å². The van der Waals surface area contributed by atoms with Crippen LogP contribution >= 0.6 is 11.6 Å². The van der Waals surface area contributed by atoms with Crippen molar-refractivity contribution in [2.45, 2.75) is 0 Å². The molecule has 0 aliphatic rings. The third kappa shape index (κ3) is 4.24. The lowest BCUT2D eigenvalue weighted by molar-refractivity contribution is 0.112. The molecule has 0 unspecified atom stereocenters. The number of ether oxygens (including phenoxy) is 1. The zero-order valence-corrected chi connectivity index (χ0v) is 15.4. The quantitative estimate of drug-likeness (QED) is 0.464. The lowest BCUT2D eigenvalue weighted by Crippen LogP contribution is -1.89. The Balaban J connectivity index is 0.000000168. The number of methoxy groups -OCH3 is 1. The van der Waals surface area contributed by atoms with Gasteiger partial charge in [0.1, 0.15) is 12.0 Å². The number of hydrogen-bond donors (Lipinski definition) is 3. The first-order valence-electron chi connectivity index (χ1n) is 7.98. The number of fused-ring (bicyclic) bond motifs is 1. The zero-order chi connectivity index (χ0) is 19.2. The summed E-state index contributed by atoms with van der Waals surface area (Å²) in [5, 5.41) is 10.1. The van der Waals surface area contributed by atoms with Crippen LogP contribution in [0.2, 0.25) is 5.02 Å². The van der Waals surface area contributed by atoms with Gasteiger partial charge < -0.3 is 15.0 Å². The van der Waals surface area contributed by atoms with Crippen LogP contribution in [-0.2, 0) is 0 Å². The molecule has 0 saturated heterocycles. The molecule has 0 aliphatic carbocycles. The molecule has 0 saturated carbocycles. The van der Waals surface area contributed by atoms with E-state index in [-0.39, 0.29) is 0 Å².